The SMILES string of the molecule is O=S(=O)(Nc1nccnc1-c1ccc(CO)cc1)c1ccc(C(F)(F)F)cc1. The molecule has 1 heterocycles. The Morgan fingerprint density at radius 3 is 2.11 bits per heavy atom. The molecule has 6 nitrogen and oxygen atoms in total. The molecule has 0 saturated carbocycles. The number of hydrogen-bond donors (Lipinski definition) is 2. The number of sulfonamides is 1. The lowest BCUT2D eigenvalue weighted by atomic mass is 10.1. The molecule has 1 aromatic heterocycles. The number of nitrogens with one attached hydrogen (secondary N) is 1. The number of aliphatic hydroxyl groups excluding tert-OH is 1. The van der Waals surface area contributed by atoms with Crippen molar-refractivity contribution in [2.45, 2.75) is 17.7 Å². The van der Waals surface area contributed by atoms with Crippen LogP contribution in [-0.4, -0.2) is 23.5 Å². The molecule has 0 aliphatic carbocycles. The van der Waals surface area contributed by atoms with Gasteiger partial charge in [0.25, 0.3) is 10.0 Å². The van der Waals surface area contributed by atoms with Crippen LogP contribution in [0.25, 0.3) is 11.3 Å². The Morgan fingerprint density at radius 1 is 0.929 bits per heavy atom. The summed E-state index contributed by atoms with van der Waals surface area (Å²) in [4.78, 5) is 7.77. The maximum atomic E-state index is 12.7. The first-order chi connectivity index (χ1) is 13.2. The van der Waals surface area contributed by atoms with Gasteiger partial charge in [-0.05, 0) is 29.8 Å². The fraction of sp³-hybridized carbons (Fsp3) is 0.111. The van der Waals surface area contributed by atoms with Gasteiger partial charge in [-0.3, -0.25) is 9.71 Å². The van der Waals surface area contributed by atoms with Gasteiger partial charge in [-0.15, -0.1) is 0 Å². The van der Waals surface area contributed by atoms with Crippen LogP contribution in [0, 0.1) is 0 Å². The Balaban J connectivity index is 1.92. The number of benzene rings is 2. The Hall–Kier alpha value is -2.98. The van der Waals surface area contributed by atoms with Crippen LogP contribution in [-0.2, 0) is 22.8 Å². The van der Waals surface area contributed by atoms with E-state index in [4.69, 9.17) is 5.11 Å². The summed E-state index contributed by atoms with van der Waals surface area (Å²) in [6.45, 7) is -0.145. The van der Waals surface area contributed by atoms with Gasteiger partial charge >= 0.3 is 6.18 Å². The quantitative estimate of drug-likeness (QED) is 0.673. The fourth-order valence-corrected chi connectivity index (χ4v) is 3.42. The molecule has 0 radical (unpaired) electrons. The molecule has 2 aromatic carbocycles. The number of alkyl halides is 3. The third kappa shape index (κ3) is 4.29. The minimum atomic E-state index is -4.56. The zero-order chi connectivity index (χ0) is 20.4. The van der Waals surface area contributed by atoms with E-state index in [0.29, 0.717) is 23.3 Å². The molecule has 0 aliphatic heterocycles. The molecule has 0 fully saturated rings. The van der Waals surface area contributed by atoms with Crippen LogP contribution >= 0.6 is 0 Å². The van der Waals surface area contributed by atoms with E-state index in [9.17, 15) is 21.6 Å². The fourth-order valence-electron chi connectivity index (χ4n) is 2.40. The van der Waals surface area contributed by atoms with Crippen molar-refractivity contribution < 1.29 is 26.7 Å². The van der Waals surface area contributed by atoms with Gasteiger partial charge in [0.15, 0.2) is 5.82 Å². The number of rotatable bonds is 5. The number of anilines is 1. The average Bonchev–Trinajstić information content (AvgIpc) is 2.68. The lowest BCUT2D eigenvalue weighted by Crippen LogP contribution is -2.15. The van der Waals surface area contributed by atoms with Gasteiger partial charge in [0.1, 0.15) is 5.69 Å². The molecule has 0 atom stereocenters. The van der Waals surface area contributed by atoms with Crippen LogP contribution in [0.15, 0.2) is 65.8 Å². The first kappa shape index (κ1) is 19.8. The minimum absolute atomic E-state index is 0.0702. The Labute approximate surface area is 158 Å². The molecule has 0 amide bonds. The second-order valence-electron chi connectivity index (χ2n) is 5.74. The Morgan fingerprint density at radius 2 is 1.54 bits per heavy atom. The summed E-state index contributed by atoms with van der Waals surface area (Å²) in [7, 11) is -4.18. The highest BCUT2D eigenvalue weighted by Gasteiger charge is 2.30. The van der Waals surface area contributed by atoms with Gasteiger partial charge in [-0.2, -0.15) is 13.2 Å². The Kier molecular flexibility index (Phi) is 5.34. The predicted octanol–water partition coefficient (Wildman–Crippen LogP) is 3.46. The van der Waals surface area contributed by atoms with E-state index in [1.165, 1.54) is 12.4 Å². The molecule has 3 rings (SSSR count). The smallest absolute Gasteiger partial charge is 0.392 e. The second-order valence-corrected chi connectivity index (χ2v) is 7.42. The molecule has 10 heteroatoms. The number of hydrogen-bond acceptors (Lipinski definition) is 5. The highest BCUT2D eigenvalue weighted by atomic mass is 32.2. The van der Waals surface area contributed by atoms with Crippen molar-refractivity contribution >= 4 is 15.8 Å². The average molecular weight is 409 g/mol. The molecule has 0 spiro atoms. The maximum Gasteiger partial charge on any atom is 0.416 e. The van der Waals surface area contributed by atoms with E-state index in [0.717, 1.165) is 12.1 Å². The molecule has 3 aromatic rings. The summed E-state index contributed by atoms with van der Waals surface area (Å²) in [5.74, 6) is -0.0702. The maximum absolute atomic E-state index is 12.7. The number of aromatic nitrogens is 2. The summed E-state index contributed by atoms with van der Waals surface area (Å²) >= 11 is 0. The normalized spacial score (nSPS) is 12.0. The van der Waals surface area contributed by atoms with Crippen molar-refractivity contribution in [1.82, 2.24) is 9.97 Å². The summed E-state index contributed by atoms with van der Waals surface area (Å²) in [5.41, 5.74) is 0.507. The first-order valence-corrected chi connectivity index (χ1v) is 9.40. The largest absolute Gasteiger partial charge is 0.416 e. The zero-order valence-corrected chi connectivity index (χ0v) is 15.0. The van der Waals surface area contributed by atoms with Crippen LogP contribution in [0.1, 0.15) is 11.1 Å². The van der Waals surface area contributed by atoms with E-state index in [1.54, 1.807) is 24.3 Å². The molecular formula is C18H14F3N3O3S. The molecule has 146 valence electrons. The second kappa shape index (κ2) is 7.56. The van der Waals surface area contributed by atoms with Gasteiger partial charge < -0.3 is 5.11 Å². The van der Waals surface area contributed by atoms with Crippen molar-refractivity contribution in [3.8, 4) is 11.3 Å². The van der Waals surface area contributed by atoms with Crippen molar-refractivity contribution in [1.29, 1.82) is 0 Å². The van der Waals surface area contributed by atoms with Crippen LogP contribution in [0.2, 0.25) is 0 Å². The standard InChI is InChI=1S/C18H14F3N3O3S/c19-18(20,21)14-5-7-15(8-6-14)28(26,27)24-17-16(22-9-10-23-17)13-3-1-12(11-25)2-4-13/h1-10,25H,11H2,(H,23,24). The van der Waals surface area contributed by atoms with Crippen molar-refractivity contribution in [2.75, 3.05) is 4.72 Å². The number of halogens is 3. The van der Waals surface area contributed by atoms with Crippen LogP contribution in [0.3, 0.4) is 0 Å². The molecule has 0 bridgehead atoms. The molecule has 28 heavy (non-hydrogen) atoms. The number of nitrogens with zero attached hydrogens (tertiary/aromatic N) is 2. The molecule has 2 N–H and O–H groups in total. The summed E-state index contributed by atoms with van der Waals surface area (Å²) in [6, 6.07) is 9.72. The van der Waals surface area contributed by atoms with Crippen molar-refractivity contribution in [3.63, 3.8) is 0 Å². The topological polar surface area (TPSA) is 92.2 Å². The van der Waals surface area contributed by atoms with Crippen LogP contribution in [0.5, 0.6) is 0 Å². The molecular weight excluding hydrogens is 395 g/mol. The highest BCUT2D eigenvalue weighted by Crippen LogP contribution is 2.30. The first-order valence-electron chi connectivity index (χ1n) is 7.92. The van der Waals surface area contributed by atoms with Crippen LogP contribution < -0.4 is 4.72 Å². The van der Waals surface area contributed by atoms with Gasteiger partial charge in [-0.25, -0.2) is 13.4 Å². The van der Waals surface area contributed by atoms with Crippen LogP contribution in [0.4, 0.5) is 19.0 Å². The van der Waals surface area contributed by atoms with Gasteiger partial charge in [0.05, 0.1) is 17.1 Å². The lowest BCUT2D eigenvalue weighted by Gasteiger charge is -2.12. The minimum Gasteiger partial charge on any atom is -0.392 e. The van der Waals surface area contributed by atoms with Gasteiger partial charge in [0, 0.05) is 18.0 Å². The molecule has 0 saturated heterocycles. The third-order valence-corrected chi connectivity index (χ3v) is 5.19. The van der Waals surface area contributed by atoms with E-state index in [2.05, 4.69) is 14.7 Å². The van der Waals surface area contributed by atoms with Crippen molar-refractivity contribution in [2.24, 2.45) is 0 Å². The summed E-state index contributed by atoms with van der Waals surface area (Å²) in [5, 5.41) is 9.11. The number of aliphatic hydroxyl groups is 1. The van der Waals surface area contributed by atoms with E-state index in [1.807, 2.05) is 0 Å². The monoisotopic (exact) mass is 409 g/mol. The molecule has 0 unspecified atom stereocenters. The van der Waals surface area contributed by atoms with E-state index in [-0.39, 0.29) is 23.0 Å². The third-order valence-electron chi connectivity index (χ3n) is 3.83. The lowest BCUT2D eigenvalue weighted by molar-refractivity contribution is -0.137. The summed E-state index contributed by atoms with van der Waals surface area (Å²) in [6.07, 6.45) is -1.89. The summed E-state index contributed by atoms with van der Waals surface area (Å²) < 4.78 is 65.3. The zero-order valence-electron chi connectivity index (χ0n) is 14.2. The van der Waals surface area contributed by atoms with Gasteiger partial charge in [0.2, 0.25) is 0 Å². The van der Waals surface area contributed by atoms with E-state index >= 15 is 0 Å². The molecule has 0 aliphatic rings. The Bertz CT molecular complexity index is 1070. The highest BCUT2D eigenvalue weighted by molar-refractivity contribution is 7.92. The van der Waals surface area contributed by atoms with Crippen molar-refractivity contribution in [3.05, 3.63) is 72.1 Å². The van der Waals surface area contributed by atoms with E-state index < -0.39 is 21.8 Å². The van der Waals surface area contributed by atoms with Gasteiger partial charge in [-0.1, -0.05) is 24.3 Å². The predicted molar refractivity (Wildman–Crippen MR) is 95.6 cm³/mol.